The molecule has 1 N–H and O–H groups in total. The molecular weight excluding hydrogens is 254 g/mol. The lowest BCUT2D eigenvalue weighted by atomic mass is 9.78. The van der Waals surface area contributed by atoms with Gasteiger partial charge in [0, 0.05) is 6.54 Å². The van der Waals surface area contributed by atoms with E-state index in [1.165, 1.54) is 7.11 Å². The minimum atomic E-state index is -0.419. The number of carbonyl (C=O) groups excluding carboxylic acids is 2. The third-order valence-corrected chi connectivity index (χ3v) is 4.06. The van der Waals surface area contributed by atoms with Crippen molar-refractivity contribution in [1.29, 1.82) is 0 Å². The molecule has 0 atom stereocenters. The third-order valence-electron chi connectivity index (χ3n) is 4.06. The molecule has 108 valence electrons. The Morgan fingerprint density at radius 3 is 2.45 bits per heavy atom. The number of benzene rings is 1. The number of rotatable bonds is 5. The van der Waals surface area contributed by atoms with Gasteiger partial charge in [-0.1, -0.05) is 43.2 Å². The Hall–Kier alpha value is -1.84. The molecule has 1 aliphatic rings. The largest absolute Gasteiger partial charge is 0.469 e. The van der Waals surface area contributed by atoms with E-state index < -0.39 is 5.41 Å². The molecule has 0 radical (unpaired) electrons. The van der Waals surface area contributed by atoms with Crippen LogP contribution in [-0.2, 0) is 19.7 Å². The van der Waals surface area contributed by atoms with E-state index in [1.807, 2.05) is 30.3 Å². The molecular formula is C16H21NO3. The van der Waals surface area contributed by atoms with Gasteiger partial charge in [-0.3, -0.25) is 9.59 Å². The third kappa shape index (κ3) is 3.00. The first kappa shape index (κ1) is 14.6. The van der Waals surface area contributed by atoms with E-state index in [2.05, 4.69) is 10.1 Å². The van der Waals surface area contributed by atoms with Gasteiger partial charge in [-0.25, -0.2) is 0 Å². The number of methoxy groups -OCH3 is 1. The van der Waals surface area contributed by atoms with Crippen LogP contribution in [0, 0.1) is 0 Å². The highest BCUT2D eigenvalue weighted by molar-refractivity contribution is 5.88. The Balaban J connectivity index is 2.05. The second kappa shape index (κ2) is 6.55. The Bertz CT molecular complexity index is 464. The van der Waals surface area contributed by atoms with Gasteiger partial charge in [0.15, 0.2) is 0 Å². The normalized spacial score (nSPS) is 16.6. The fourth-order valence-electron chi connectivity index (χ4n) is 2.93. The number of ether oxygens (including phenoxy) is 1. The second-order valence-corrected chi connectivity index (χ2v) is 5.24. The molecule has 4 heteroatoms. The summed E-state index contributed by atoms with van der Waals surface area (Å²) in [6.45, 7) is 0.333. The van der Waals surface area contributed by atoms with Crippen molar-refractivity contribution in [2.45, 2.75) is 37.5 Å². The van der Waals surface area contributed by atoms with Gasteiger partial charge >= 0.3 is 5.97 Å². The highest BCUT2D eigenvalue weighted by Gasteiger charge is 2.42. The average Bonchev–Trinajstić information content (AvgIpc) is 2.98. The van der Waals surface area contributed by atoms with Gasteiger partial charge in [0.1, 0.15) is 0 Å². The van der Waals surface area contributed by atoms with Gasteiger partial charge in [-0.05, 0) is 18.4 Å². The average molecular weight is 275 g/mol. The quantitative estimate of drug-likeness (QED) is 0.838. The van der Waals surface area contributed by atoms with Crippen molar-refractivity contribution >= 4 is 11.9 Å². The molecule has 0 heterocycles. The summed E-state index contributed by atoms with van der Waals surface area (Å²) in [7, 11) is 1.35. The van der Waals surface area contributed by atoms with Gasteiger partial charge in [-0.2, -0.15) is 0 Å². The molecule has 0 aromatic heterocycles. The molecule has 1 aliphatic carbocycles. The van der Waals surface area contributed by atoms with Crippen LogP contribution in [0.3, 0.4) is 0 Å². The predicted molar refractivity (Wildman–Crippen MR) is 76.2 cm³/mol. The van der Waals surface area contributed by atoms with Crippen LogP contribution in [0.4, 0.5) is 0 Å². The summed E-state index contributed by atoms with van der Waals surface area (Å²) in [5.41, 5.74) is 0.658. The molecule has 0 bridgehead atoms. The molecule has 1 saturated carbocycles. The smallest absolute Gasteiger partial charge is 0.307 e. The molecule has 1 fully saturated rings. The van der Waals surface area contributed by atoms with Gasteiger partial charge in [-0.15, -0.1) is 0 Å². The molecule has 1 aromatic carbocycles. The van der Waals surface area contributed by atoms with Gasteiger partial charge in [0.05, 0.1) is 18.9 Å². The minimum Gasteiger partial charge on any atom is -0.469 e. The van der Waals surface area contributed by atoms with E-state index in [1.54, 1.807) is 0 Å². The highest BCUT2D eigenvalue weighted by atomic mass is 16.5. The predicted octanol–water partition coefficient (Wildman–Crippen LogP) is 2.18. The Morgan fingerprint density at radius 2 is 1.85 bits per heavy atom. The molecule has 20 heavy (non-hydrogen) atoms. The lowest BCUT2D eigenvalue weighted by Crippen LogP contribution is -2.43. The first-order valence-corrected chi connectivity index (χ1v) is 7.10. The van der Waals surface area contributed by atoms with E-state index in [4.69, 9.17) is 0 Å². The van der Waals surface area contributed by atoms with E-state index >= 15 is 0 Å². The fraction of sp³-hybridized carbons (Fsp3) is 0.500. The molecule has 0 spiro atoms. The van der Waals surface area contributed by atoms with Crippen LogP contribution >= 0.6 is 0 Å². The van der Waals surface area contributed by atoms with Crippen molar-refractivity contribution in [2.75, 3.05) is 13.7 Å². The first-order valence-electron chi connectivity index (χ1n) is 7.10. The second-order valence-electron chi connectivity index (χ2n) is 5.24. The lowest BCUT2D eigenvalue weighted by molar-refractivity contribution is -0.140. The van der Waals surface area contributed by atoms with Crippen molar-refractivity contribution in [3.63, 3.8) is 0 Å². The van der Waals surface area contributed by atoms with Crippen molar-refractivity contribution in [3.05, 3.63) is 35.9 Å². The standard InChI is InChI=1S/C16H21NO3/c1-20-14(18)9-12-17-15(19)16(10-5-6-11-16)13-7-3-2-4-8-13/h2-4,7-8H,5-6,9-12H2,1H3,(H,17,19). The molecule has 4 nitrogen and oxygen atoms in total. The summed E-state index contributed by atoms with van der Waals surface area (Å²) in [5.74, 6) is -0.268. The number of esters is 1. The highest BCUT2D eigenvalue weighted by Crippen LogP contribution is 2.41. The molecule has 0 unspecified atom stereocenters. The SMILES string of the molecule is COC(=O)CCNC(=O)C1(c2ccccc2)CCCC1. The lowest BCUT2D eigenvalue weighted by Gasteiger charge is -2.28. The number of hydrogen-bond acceptors (Lipinski definition) is 3. The van der Waals surface area contributed by atoms with Crippen LogP contribution < -0.4 is 5.32 Å². The van der Waals surface area contributed by atoms with Crippen LogP contribution in [0.5, 0.6) is 0 Å². The summed E-state index contributed by atoms with van der Waals surface area (Å²) < 4.78 is 4.58. The first-order chi connectivity index (χ1) is 9.69. The zero-order chi connectivity index (χ0) is 14.4. The summed E-state index contributed by atoms with van der Waals surface area (Å²) in [5, 5.41) is 2.89. The summed E-state index contributed by atoms with van der Waals surface area (Å²) in [4.78, 5) is 23.7. The molecule has 1 aromatic rings. The number of nitrogens with one attached hydrogen (secondary N) is 1. The van der Waals surface area contributed by atoms with E-state index in [9.17, 15) is 9.59 Å². The minimum absolute atomic E-state index is 0.0325. The summed E-state index contributed by atoms with van der Waals surface area (Å²) >= 11 is 0. The van der Waals surface area contributed by atoms with Crippen LogP contribution in [-0.4, -0.2) is 25.5 Å². The van der Waals surface area contributed by atoms with Crippen molar-refractivity contribution in [3.8, 4) is 0 Å². The number of hydrogen-bond donors (Lipinski definition) is 1. The van der Waals surface area contributed by atoms with Crippen molar-refractivity contribution < 1.29 is 14.3 Å². The van der Waals surface area contributed by atoms with Gasteiger partial charge < -0.3 is 10.1 Å². The van der Waals surface area contributed by atoms with Gasteiger partial charge in [0.25, 0.3) is 0 Å². The summed E-state index contributed by atoms with van der Waals surface area (Å²) in [6.07, 6.45) is 4.11. The zero-order valence-corrected chi connectivity index (χ0v) is 11.9. The maximum atomic E-state index is 12.6. The van der Waals surface area contributed by atoms with Crippen molar-refractivity contribution in [1.82, 2.24) is 5.32 Å². The van der Waals surface area contributed by atoms with Crippen LogP contribution in [0.15, 0.2) is 30.3 Å². The molecule has 0 saturated heterocycles. The maximum absolute atomic E-state index is 12.6. The van der Waals surface area contributed by atoms with Crippen molar-refractivity contribution in [2.24, 2.45) is 0 Å². The van der Waals surface area contributed by atoms with E-state index in [0.29, 0.717) is 6.54 Å². The van der Waals surface area contributed by atoms with E-state index in [-0.39, 0.29) is 18.3 Å². The molecule has 2 rings (SSSR count). The topological polar surface area (TPSA) is 55.4 Å². The zero-order valence-electron chi connectivity index (χ0n) is 11.9. The Labute approximate surface area is 119 Å². The van der Waals surface area contributed by atoms with Crippen LogP contribution in [0.2, 0.25) is 0 Å². The van der Waals surface area contributed by atoms with Gasteiger partial charge in [0.2, 0.25) is 5.91 Å². The molecule has 0 aliphatic heterocycles. The maximum Gasteiger partial charge on any atom is 0.307 e. The fourth-order valence-corrected chi connectivity index (χ4v) is 2.93. The van der Waals surface area contributed by atoms with Crippen LogP contribution in [0.25, 0.3) is 0 Å². The Morgan fingerprint density at radius 1 is 1.20 bits per heavy atom. The Kier molecular flexibility index (Phi) is 4.77. The summed E-state index contributed by atoms with van der Waals surface area (Å²) in [6, 6.07) is 9.94. The number of amides is 1. The monoisotopic (exact) mass is 275 g/mol. The van der Waals surface area contributed by atoms with E-state index in [0.717, 1.165) is 31.2 Å². The molecule has 1 amide bonds. The van der Waals surface area contributed by atoms with Crippen LogP contribution in [0.1, 0.15) is 37.7 Å². The number of carbonyl (C=O) groups is 2.